The summed E-state index contributed by atoms with van der Waals surface area (Å²) in [6.07, 6.45) is -0.458. The monoisotopic (exact) mass is 345 g/mol. The molecule has 0 fully saturated rings. The first-order valence-corrected chi connectivity index (χ1v) is 7.05. The zero-order valence-corrected chi connectivity index (χ0v) is 13.7. The van der Waals surface area contributed by atoms with Crippen LogP contribution in [-0.4, -0.2) is 32.0 Å². The van der Waals surface area contributed by atoms with Crippen LogP contribution in [0.1, 0.15) is 20.8 Å². The van der Waals surface area contributed by atoms with E-state index in [1.807, 2.05) is 32.9 Å². The molecule has 1 aromatic carbocycles. The zero-order valence-electron chi connectivity index (χ0n) is 12.2. The van der Waals surface area contributed by atoms with Gasteiger partial charge in [0.1, 0.15) is 12.2 Å². The van der Waals surface area contributed by atoms with Gasteiger partial charge in [0.2, 0.25) is 0 Å². The van der Waals surface area contributed by atoms with Crippen LogP contribution < -0.4 is 14.8 Å². The van der Waals surface area contributed by atoms with Gasteiger partial charge in [-0.15, -0.1) is 0 Å². The lowest BCUT2D eigenvalue weighted by Crippen LogP contribution is -2.34. The number of carbonyl (C=O) groups is 1. The lowest BCUT2D eigenvalue weighted by atomic mass is 10.2. The van der Waals surface area contributed by atoms with E-state index in [2.05, 4.69) is 21.2 Å². The Morgan fingerprint density at radius 2 is 2.05 bits per heavy atom. The van der Waals surface area contributed by atoms with Gasteiger partial charge in [-0.25, -0.2) is 4.79 Å². The first-order chi connectivity index (χ1) is 9.33. The van der Waals surface area contributed by atoms with E-state index in [0.717, 1.165) is 4.47 Å². The Hall–Kier alpha value is -1.43. The van der Waals surface area contributed by atoms with Crippen molar-refractivity contribution in [3.63, 3.8) is 0 Å². The Bertz CT molecular complexity index is 457. The first kappa shape index (κ1) is 16.6. The molecule has 0 saturated carbocycles. The summed E-state index contributed by atoms with van der Waals surface area (Å²) in [6.45, 7) is 6.11. The van der Waals surface area contributed by atoms with Crippen LogP contribution in [0.3, 0.4) is 0 Å². The third-order valence-electron chi connectivity index (χ3n) is 2.17. The molecule has 0 atom stereocenters. The summed E-state index contributed by atoms with van der Waals surface area (Å²) in [5.41, 5.74) is -0.503. The van der Waals surface area contributed by atoms with Crippen LogP contribution in [-0.2, 0) is 4.74 Å². The number of nitrogens with one attached hydrogen (secondary N) is 1. The van der Waals surface area contributed by atoms with Gasteiger partial charge in [-0.05, 0) is 48.8 Å². The van der Waals surface area contributed by atoms with Crippen LogP contribution in [0, 0.1) is 0 Å². The summed E-state index contributed by atoms with van der Waals surface area (Å²) >= 11 is 3.39. The van der Waals surface area contributed by atoms with Crippen LogP contribution in [0.2, 0.25) is 0 Å². The second-order valence-corrected chi connectivity index (χ2v) is 5.90. The molecule has 6 heteroatoms. The topological polar surface area (TPSA) is 56.8 Å². The molecular weight excluding hydrogens is 326 g/mol. The molecule has 112 valence electrons. The van der Waals surface area contributed by atoms with Gasteiger partial charge < -0.3 is 19.5 Å². The SMILES string of the molecule is COc1cccc(Br)c1OCCNC(=O)OC(C)(C)C. The molecule has 5 nitrogen and oxygen atoms in total. The zero-order chi connectivity index (χ0) is 15.2. The van der Waals surface area contributed by atoms with Gasteiger partial charge in [-0.3, -0.25) is 0 Å². The van der Waals surface area contributed by atoms with Crippen LogP contribution in [0.15, 0.2) is 22.7 Å². The average Bonchev–Trinajstić information content (AvgIpc) is 2.33. The van der Waals surface area contributed by atoms with Crippen molar-refractivity contribution in [3.8, 4) is 11.5 Å². The molecule has 0 saturated heterocycles. The highest BCUT2D eigenvalue weighted by Gasteiger charge is 2.15. The predicted molar refractivity (Wildman–Crippen MR) is 80.4 cm³/mol. The maximum atomic E-state index is 11.4. The highest BCUT2D eigenvalue weighted by molar-refractivity contribution is 9.10. The normalized spacial score (nSPS) is 10.8. The van der Waals surface area contributed by atoms with Crippen molar-refractivity contribution in [1.29, 1.82) is 0 Å². The second-order valence-electron chi connectivity index (χ2n) is 5.05. The summed E-state index contributed by atoms with van der Waals surface area (Å²) in [5, 5.41) is 2.62. The molecule has 1 aromatic rings. The Labute approximate surface area is 127 Å². The number of ether oxygens (including phenoxy) is 3. The number of alkyl carbamates (subject to hydrolysis) is 1. The molecule has 1 N–H and O–H groups in total. The molecule has 0 bridgehead atoms. The number of rotatable bonds is 5. The largest absolute Gasteiger partial charge is 0.493 e. The molecular formula is C14H20BrNO4. The first-order valence-electron chi connectivity index (χ1n) is 6.25. The predicted octanol–water partition coefficient (Wildman–Crippen LogP) is 3.36. The van der Waals surface area contributed by atoms with Crippen LogP contribution in [0.25, 0.3) is 0 Å². The van der Waals surface area contributed by atoms with Gasteiger partial charge in [0.15, 0.2) is 11.5 Å². The molecule has 0 unspecified atom stereocenters. The van der Waals surface area contributed by atoms with E-state index < -0.39 is 11.7 Å². The Balaban J connectivity index is 2.40. The molecule has 0 aliphatic rings. The molecule has 1 amide bonds. The fraction of sp³-hybridized carbons (Fsp3) is 0.500. The van der Waals surface area contributed by atoms with Gasteiger partial charge in [-0.1, -0.05) is 6.07 Å². The van der Waals surface area contributed by atoms with Gasteiger partial charge in [-0.2, -0.15) is 0 Å². The maximum Gasteiger partial charge on any atom is 0.407 e. The smallest absolute Gasteiger partial charge is 0.407 e. The minimum atomic E-state index is -0.503. The lowest BCUT2D eigenvalue weighted by molar-refractivity contribution is 0.0520. The second kappa shape index (κ2) is 7.38. The Kier molecular flexibility index (Phi) is 6.13. The van der Waals surface area contributed by atoms with Crippen molar-refractivity contribution in [3.05, 3.63) is 22.7 Å². The van der Waals surface area contributed by atoms with E-state index in [9.17, 15) is 4.79 Å². The number of hydrogen-bond acceptors (Lipinski definition) is 4. The number of para-hydroxylation sites is 1. The fourth-order valence-electron chi connectivity index (χ4n) is 1.41. The third kappa shape index (κ3) is 5.69. The van der Waals surface area contributed by atoms with Crippen molar-refractivity contribution in [1.82, 2.24) is 5.32 Å². The van der Waals surface area contributed by atoms with Gasteiger partial charge in [0, 0.05) is 0 Å². The summed E-state index contributed by atoms with van der Waals surface area (Å²) in [6, 6.07) is 5.52. The van der Waals surface area contributed by atoms with E-state index in [1.165, 1.54) is 0 Å². The number of methoxy groups -OCH3 is 1. The number of hydrogen-bond donors (Lipinski definition) is 1. The van der Waals surface area contributed by atoms with Crippen LogP contribution in [0.4, 0.5) is 4.79 Å². The standard InChI is InChI=1S/C14H20BrNO4/c1-14(2,3)20-13(17)16-8-9-19-12-10(15)6-5-7-11(12)18-4/h5-7H,8-9H2,1-4H3,(H,16,17). The van der Waals surface area contributed by atoms with Crippen molar-refractivity contribution in [2.45, 2.75) is 26.4 Å². The van der Waals surface area contributed by atoms with Crippen molar-refractivity contribution < 1.29 is 19.0 Å². The minimum absolute atomic E-state index is 0.318. The van der Waals surface area contributed by atoms with Crippen molar-refractivity contribution >= 4 is 22.0 Å². The number of halogens is 1. The minimum Gasteiger partial charge on any atom is -0.493 e. The van der Waals surface area contributed by atoms with Crippen LogP contribution >= 0.6 is 15.9 Å². The summed E-state index contributed by atoms with van der Waals surface area (Å²) in [5.74, 6) is 1.25. The van der Waals surface area contributed by atoms with E-state index in [1.54, 1.807) is 13.2 Å². The third-order valence-corrected chi connectivity index (χ3v) is 2.79. The summed E-state index contributed by atoms with van der Waals surface area (Å²) in [4.78, 5) is 11.4. The van der Waals surface area contributed by atoms with Gasteiger partial charge in [0.25, 0.3) is 0 Å². The van der Waals surface area contributed by atoms with E-state index in [4.69, 9.17) is 14.2 Å². The highest BCUT2D eigenvalue weighted by atomic mass is 79.9. The molecule has 0 aliphatic carbocycles. The van der Waals surface area contributed by atoms with Crippen LogP contribution in [0.5, 0.6) is 11.5 Å². The molecule has 0 radical (unpaired) electrons. The van der Waals surface area contributed by atoms with Gasteiger partial charge >= 0.3 is 6.09 Å². The van der Waals surface area contributed by atoms with Crippen molar-refractivity contribution in [2.24, 2.45) is 0 Å². The summed E-state index contributed by atoms with van der Waals surface area (Å²) < 4.78 is 16.7. The summed E-state index contributed by atoms with van der Waals surface area (Å²) in [7, 11) is 1.58. The average molecular weight is 346 g/mol. The van der Waals surface area contributed by atoms with E-state index in [0.29, 0.717) is 24.7 Å². The molecule has 0 aliphatic heterocycles. The molecule has 0 aromatic heterocycles. The van der Waals surface area contributed by atoms with Gasteiger partial charge in [0.05, 0.1) is 18.1 Å². The maximum absolute atomic E-state index is 11.4. The molecule has 1 rings (SSSR count). The number of benzene rings is 1. The lowest BCUT2D eigenvalue weighted by Gasteiger charge is -2.19. The van der Waals surface area contributed by atoms with E-state index in [-0.39, 0.29) is 0 Å². The molecule has 0 heterocycles. The van der Waals surface area contributed by atoms with Crippen molar-refractivity contribution in [2.75, 3.05) is 20.3 Å². The number of carbonyl (C=O) groups excluding carboxylic acids is 1. The number of amides is 1. The van der Waals surface area contributed by atoms with E-state index >= 15 is 0 Å². The highest BCUT2D eigenvalue weighted by Crippen LogP contribution is 2.34. The molecule has 0 spiro atoms. The quantitative estimate of drug-likeness (QED) is 0.831. The fourth-order valence-corrected chi connectivity index (χ4v) is 1.87. The Morgan fingerprint density at radius 3 is 2.65 bits per heavy atom. The molecule has 20 heavy (non-hydrogen) atoms. The Morgan fingerprint density at radius 1 is 1.35 bits per heavy atom.